The molecule has 1 aromatic heterocycles. The van der Waals surface area contributed by atoms with Gasteiger partial charge in [0.25, 0.3) is 5.56 Å². The van der Waals surface area contributed by atoms with E-state index in [1.54, 1.807) is 43.3 Å². The summed E-state index contributed by atoms with van der Waals surface area (Å²) in [5.74, 6) is 0.727. The van der Waals surface area contributed by atoms with Gasteiger partial charge in [-0.2, -0.15) is 0 Å². The van der Waals surface area contributed by atoms with Crippen molar-refractivity contribution in [3.05, 3.63) is 82.5 Å². The number of esters is 1. The van der Waals surface area contributed by atoms with Gasteiger partial charge in [0.05, 0.1) is 48.8 Å². The predicted molar refractivity (Wildman–Crippen MR) is 143 cm³/mol. The lowest BCUT2D eigenvalue weighted by Gasteiger charge is -2.25. The number of benzene rings is 2. The van der Waals surface area contributed by atoms with E-state index in [9.17, 15) is 9.59 Å². The molecule has 0 amide bonds. The summed E-state index contributed by atoms with van der Waals surface area (Å²) in [5.41, 5.74) is 1.46. The fraction of sp³-hybridized carbons (Fsp3) is 0.269. The van der Waals surface area contributed by atoms with Crippen LogP contribution in [0, 0.1) is 0 Å². The van der Waals surface area contributed by atoms with Gasteiger partial charge in [0.2, 0.25) is 0 Å². The van der Waals surface area contributed by atoms with E-state index in [1.807, 2.05) is 6.92 Å². The normalized spacial score (nSPS) is 15.2. The SMILES string of the molecule is CCOc1cc(/C=c2\sc3n(c2=O)[C@@H](c2cc(Cl)ccc2OC)C(C(=O)OC)=C(C)N=3)cc(Cl)c1OC. The number of carbonyl (C=O) groups is 1. The largest absolute Gasteiger partial charge is 0.496 e. The van der Waals surface area contributed by atoms with Crippen molar-refractivity contribution in [2.45, 2.75) is 19.9 Å². The van der Waals surface area contributed by atoms with Crippen LogP contribution in [-0.2, 0) is 9.53 Å². The Labute approximate surface area is 227 Å². The highest BCUT2D eigenvalue weighted by Crippen LogP contribution is 2.38. The molecule has 1 aliphatic rings. The molecule has 2 heterocycles. The Morgan fingerprint density at radius 3 is 2.54 bits per heavy atom. The fourth-order valence-corrected chi connectivity index (χ4v) is 5.71. The molecule has 11 heteroatoms. The van der Waals surface area contributed by atoms with Gasteiger partial charge in [-0.15, -0.1) is 0 Å². The number of hydrogen-bond acceptors (Lipinski definition) is 8. The van der Waals surface area contributed by atoms with Crippen molar-refractivity contribution in [2.75, 3.05) is 27.9 Å². The first-order valence-corrected chi connectivity index (χ1v) is 12.8. The number of halogens is 2. The van der Waals surface area contributed by atoms with Gasteiger partial charge in [-0.25, -0.2) is 9.79 Å². The number of carbonyl (C=O) groups excluding carboxylic acids is 1. The topological polar surface area (TPSA) is 88.4 Å². The highest BCUT2D eigenvalue weighted by atomic mass is 35.5. The number of methoxy groups -OCH3 is 3. The maximum atomic E-state index is 13.8. The molecule has 0 spiro atoms. The van der Waals surface area contributed by atoms with Gasteiger partial charge in [-0.1, -0.05) is 34.5 Å². The van der Waals surface area contributed by atoms with Gasteiger partial charge in [0.15, 0.2) is 16.3 Å². The van der Waals surface area contributed by atoms with Crippen LogP contribution in [0.15, 0.2) is 51.4 Å². The number of aromatic nitrogens is 1. The van der Waals surface area contributed by atoms with Crippen LogP contribution in [0.5, 0.6) is 17.2 Å². The molecule has 0 saturated heterocycles. The first kappa shape index (κ1) is 26.8. The van der Waals surface area contributed by atoms with Crippen LogP contribution in [-0.4, -0.2) is 38.5 Å². The van der Waals surface area contributed by atoms with Gasteiger partial charge in [-0.3, -0.25) is 9.36 Å². The summed E-state index contributed by atoms with van der Waals surface area (Å²) in [6.45, 7) is 3.96. The summed E-state index contributed by atoms with van der Waals surface area (Å²) in [5, 5.41) is 0.769. The molecule has 1 aliphatic heterocycles. The molecule has 194 valence electrons. The van der Waals surface area contributed by atoms with E-state index in [0.29, 0.717) is 60.1 Å². The highest BCUT2D eigenvalue weighted by Gasteiger charge is 2.35. The molecule has 3 aromatic rings. The van der Waals surface area contributed by atoms with E-state index < -0.39 is 12.0 Å². The van der Waals surface area contributed by atoms with Crippen LogP contribution >= 0.6 is 34.5 Å². The molecule has 2 aromatic carbocycles. The van der Waals surface area contributed by atoms with E-state index in [-0.39, 0.29) is 11.1 Å². The summed E-state index contributed by atoms with van der Waals surface area (Å²) < 4.78 is 23.5. The molecule has 4 rings (SSSR count). The van der Waals surface area contributed by atoms with Crippen LogP contribution in [0.25, 0.3) is 6.08 Å². The van der Waals surface area contributed by atoms with Crippen LogP contribution in [0.1, 0.15) is 31.0 Å². The standard InChI is InChI=1S/C26H24Cl2N2O6S/c1-6-36-19-10-14(9-17(28)23(19)34-4)11-20-24(31)30-22(16-12-15(27)7-8-18(16)33-3)21(25(32)35-5)13(2)29-26(30)37-20/h7-12,22H,6H2,1-5H3/b20-11-/t22-/m0/s1. The molecular formula is C26H24Cl2N2O6S. The molecule has 0 radical (unpaired) electrons. The maximum Gasteiger partial charge on any atom is 0.338 e. The van der Waals surface area contributed by atoms with E-state index in [2.05, 4.69) is 4.99 Å². The average molecular weight is 563 g/mol. The smallest absolute Gasteiger partial charge is 0.338 e. The Hall–Kier alpha value is -3.27. The lowest BCUT2D eigenvalue weighted by Crippen LogP contribution is -2.40. The number of rotatable bonds is 7. The maximum absolute atomic E-state index is 13.8. The molecule has 0 unspecified atom stereocenters. The van der Waals surface area contributed by atoms with Crippen molar-refractivity contribution in [2.24, 2.45) is 4.99 Å². The third-order valence-corrected chi connectivity index (χ3v) is 7.25. The van der Waals surface area contributed by atoms with E-state index in [0.717, 1.165) is 0 Å². The van der Waals surface area contributed by atoms with Crippen molar-refractivity contribution in [1.29, 1.82) is 0 Å². The fourth-order valence-electron chi connectivity index (χ4n) is 4.19. The van der Waals surface area contributed by atoms with Crippen LogP contribution in [0.2, 0.25) is 10.0 Å². The number of hydrogen-bond donors (Lipinski definition) is 0. The number of nitrogens with zero attached hydrogens (tertiary/aromatic N) is 2. The lowest BCUT2D eigenvalue weighted by molar-refractivity contribution is -0.136. The summed E-state index contributed by atoms with van der Waals surface area (Å²) >= 11 is 13.9. The lowest BCUT2D eigenvalue weighted by atomic mass is 9.95. The monoisotopic (exact) mass is 562 g/mol. The summed E-state index contributed by atoms with van der Waals surface area (Å²) in [4.78, 5) is 31.7. The Kier molecular flexibility index (Phi) is 7.96. The van der Waals surface area contributed by atoms with Gasteiger partial charge in [0.1, 0.15) is 11.8 Å². The zero-order chi connectivity index (χ0) is 26.9. The zero-order valence-electron chi connectivity index (χ0n) is 20.8. The molecule has 0 N–H and O–H groups in total. The molecule has 37 heavy (non-hydrogen) atoms. The van der Waals surface area contributed by atoms with E-state index in [1.165, 1.54) is 37.2 Å². The second-order valence-electron chi connectivity index (χ2n) is 7.93. The van der Waals surface area contributed by atoms with E-state index >= 15 is 0 Å². The first-order chi connectivity index (χ1) is 17.7. The Morgan fingerprint density at radius 2 is 1.89 bits per heavy atom. The third kappa shape index (κ3) is 4.99. The highest BCUT2D eigenvalue weighted by molar-refractivity contribution is 7.07. The Morgan fingerprint density at radius 1 is 1.14 bits per heavy atom. The zero-order valence-corrected chi connectivity index (χ0v) is 23.1. The van der Waals surface area contributed by atoms with Crippen molar-refractivity contribution < 1.29 is 23.7 Å². The van der Waals surface area contributed by atoms with Gasteiger partial charge in [0, 0.05) is 10.6 Å². The second-order valence-corrected chi connectivity index (χ2v) is 9.78. The van der Waals surface area contributed by atoms with Crippen LogP contribution in [0.4, 0.5) is 0 Å². The molecule has 1 atom stereocenters. The minimum atomic E-state index is -0.863. The molecule has 8 nitrogen and oxygen atoms in total. The molecular weight excluding hydrogens is 539 g/mol. The average Bonchev–Trinajstić information content (AvgIpc) is 3.17. The summed E-state index contributed by atoms with van der Waals surface area (Å²) in [6.07, 6.45) is 1.70. The second kappa shape index (κ2) is 11.0. The first-order valence-electron chi connectivity index (χ1n) is 11.2. The van der Waals surface area contributed by atoms with E-state index in [4.69, 9.17) is 42.1 Å². The predicted octanol–water partition coefficient (Wildman–Crippen LogP) is 4.13. The number of thiazole rings is 1. The van der Waals surface area contributed by atoms with Crippen molar-refractivity contribution >= 4 is 46.6 Å². The van der Waals surface area contributed by atoms with Gasteiger partial charge in [-0.05, 0) is 55.8 Å². The number of allylic oxidation sites excluding steroid dienone is 1. The molecule has 0 bridgehead atoms. The molecule has 0 aliphatic carbocycles. The van der Waals surface area contributed by atoms with Crippen LogP contribution in [0.3, 0.4) is 0 Å². The van der Waals surface area contributed by atoms with Gasteiger partial charge >= 0.3 is 5.97 Å². The minimum absolute atomic E-state index is 0.216. The quantitative estimate of drug-likeness (QED) is 0.402. The number of fused-ring (bicyclic) bond motifs is 1. The van der Waals surface area contributed by atoms with Crippen LogP contribution < -0.4 is 29.1 Å². The Balaban J connectivity index is 1.99. The summed E-state index contributed by atoms with van der Waals surface area (Å²) in [7, 11) is 4.30. The Bertz CT molecular complexity index is 1590. The summed E-state index contributed by atoms with van der Waals surface area (Å²) in [6, 6.07) is 7.59. The van der Waals surface area contributed by atoms with Crippen molar-refractivity contribution in [3.8, 4) is 17.2 Å². The molecule has 0 saturated carbocycles. The molecule has 0 fully saturated rings. The van der Waals surface area contributed by atoms with Crippen molar-refractivity contribution in [1.82, 2.24) is 4.57 Å². The van der Waals surface area contributed by atoms with Gasteiger partial charge < -0.3 is 18.9 Å². The third-order valence-electron chi connectivity index (χ3n) is 5.75. The number of ether oxygens (including phenoxy) is 4. The minimum Gasteiger partial charge on any atom is -0.496 e. The van der Waals surface area contributed by atoms with Crippen molar-refractivity contribution in [3.63, 3.8) is 0 Å².